The highest BCUT2D eigenvalue weighted by Gasteiger charge is 2.49. The molecule has 10 heteroatoms. The molecule has 0 radical (unpaired) electrons. The Morgan fingerprint density at radius 3 is 2.17 bits per heavy atom. The Morgan fingerprint density at radius 1 is 0.925 bits per heavy atom. The minimum atomic E-state index is -4.49. The number of halogens is 3. The van der Waals surface area contributed by atoms with Gasteiger partial charge in [0, 0.05) is 19.1 Å². The van der Waals surface area contributed by atoms with E-state index in [2.05, 4.69) is 25.7 Å². The average Bonchev–Trinajstić information content (AvgIpc) is 3.26. The number of hydrogen-bond donors (Lipinski definition) is 2. The minimum Gasteiger partial charge on any atom is -0.349 e. The molecule has 7 nitrogen and oxygen atoms in total. The summed E-state index contributed by atoms with van der Waals surface area (Å²) in [5.74, 6) is -0.761. The molecule has 0 spiro atoms. The largest absolute Gasteiger partial charge is 0.405 e. The van der Waals surface area contributed by atoms with Crippen molar-refractivity contribution in [2.24, 2.45) is 0 Å². The molecule has 0 bridgehead atoms. The van der Waals surface area contributed by atoms with Gasteiger partial charge >= 0.3 is 6.18 Å². The van der Waals surface area contributed by atoms with Gasteiger partial charge in [-0.2, -0.15) is 23.4 Å². The summed E-state index contributed by atoms with van der Waals surface area (Å²) in [5, 5.41) is 12.7. The van der Waals surface area contributed by atoms with Crippen LogP contribution < -0.4 is 10.6 Å². The fraction of sp³-hybridized carbons (Fsp3) is 0.400. The molecule has 0 unspecified atom stereocenters. The van der Waals surface area contributed by atoms with Crippen LogP contribution in [0.2, 0.25) is 0 Å². The number of nitrogens with one attached hydrogen (secondary N) is 2. The Hall–Kier alpha value is -3.79. The van der Waals surface area contributed by atoms with Gasteiger partial charge in [-0.25, -0.2) is 0 Å². The molecular weight excluding hydrogens is 519 g/mol. The molecule has 2 amide bonds. The Bertz CT molecular complexity index is 1290. The molecule has 1 fully saturated rings. The number of piperidine rings is 1. The van der Waals surface area contributed by atoms with E-state index >= 15 is 0 Å². The highest BCUT2D eigenvalue weighted by molar-refractivity contribution is 6.00. The summed E-state index contributed by atoms with van der Waals surface area (Å²) in [6.07, 6.45) is 1.99. The Morgan fingerprint density at radius 2 is 1.57 bits per heavy atom. The Kier molecular flexibility index (Phi) is 8.16. The third-order valence-electron chi connectivity index (χ3n) is 7.95. The van der Waals surface area contributed by atoms with Crippen molar-refractivity contribution < 1.29 is 22.8 Å². The highest BCUT2D eigenvalue weighted by atomic mass is 19.4. The third kappa shape index (κ3) is 5.86. The monoisotopic (exact) mass is 551 g/mol. The zero-order valence-electron chi connectivity index (χ0n) is 22.1. The van der Waals surface area contributed by atoms with Crippen molar-refractivity contribution in [3.05, 3.63) is 83.7 Å². The lowest BCUT2D eigenvalue weighted by molar-refractivity contribution is -0.141. The van der Waals surface area contributed by atoms with Gasteiger partial charge in [-0.1, -0.05) is 55.0 Å². The van der Waals surface area contributed by atoms with Crippen molar-refractivity contribution in [2.75, 3.05) is 26.2 Å². The molecule has 2 heterocycles. The number of fused-ring (bicyclic) bond motifs is 3. The van der Waals surface area contributed by atoms with E-state index in [1.165, 1.54) is 12.4 Å². The summed E-state index contributed by atoms with van der Waals surface area (Å²) in [5.41, 5.74) is 2.63. The maximum atomic E-state index is 13.6. The Labute approximate surface area is 231 Å². The molecule has 3 aromatic rings. The smallest absolute Gasteiger partial charge is 0.349 e. The van der Waals surface area contributed by atoms with Crippen LogP contribution in [0.1, 0.15) is 53.6 Å². The van der Waals surface area contributed by atoms with Crippen LogP contribution in [-0.4, -0.2) is 65.3 Å². The number of nitrogens with zero attached hydrogens (tertiary/aromatic N) is 3. The second-order valence-electron chi connectivity index (χ2n) is 10.5. The van der Waals surface area contributed by atoms with Crippen LogP contribution in [0.4, 0.5) is 13.2 Å². The number of carbonyl (C=O) groups excluding carboxylic acids is 2. The van der Waals surface area contributed by atoms with Gasteiger partial charge in [0.25, 0.3) is 5.91 Å². The number of hydrogen-bond acceptors (Lipinski definition) is 5. The number of unbranched alkanes of at least 4 members (excludes halogenated alkanes) is 1. The second kappa shape index (κ2) is 11.8. The van der Waals surface area contributed by atoms with E-state index in [4.69, 9.17) is 0 Å². The SMILES string of the molecule is O=C(NC1CCN(CCCCC2(C(=O)NCC(F)(F)F)c3ccccc3-c3ccccc32)CC1)c1ccnnc1. The molecule has 0 atom stereocenters. The van der Waals surface area contributed by atoms with Gasteiger partial charge in [0.05, 0.1) is 18.0 Å². The zero-order valence-corrected chi connectivity index (χ0v) is 22.1. The van der Waals surface area contributed by atoms with E-state index in [9.17, 15) is 22.8 Å². The van der Waals surface area contributed by atoms with Crippen molar-refractivity contribution in [3.8, 4) is 11.1 Å². The predicted octanol–water partition coefficient (Wildman–Crippen LogP) is 4.49. The van der Waals surface area contributed by atoms with Crippen LogP contribution in [0.5, 0.6) is 0 Å². The van der Waals surface area contributed by atoms with Gasteiger partial charge in [0.1, 0.15) is 12.0 Å². The topological polar surface area (TPSA) is 87.2 Å². The van der Waals surface area contributed by atoms with Crippen molar-refractivity contribution in [1.82, 2.24) is 25.7 Å². The van der Waals surface area contributed by atoms with Gasteiger partial charge in [-0.15, -0.1) is 0 Å². The van der Waals surface area contributed by atoms with E-state index < -0.39 is 24.0 Å². The first kappa shape index (κ1) is 27.8. The molecule has 40 heavy (non-hydrogen) atoms. The van der Waals surface area contributed by atoms with E-state index in [0.29, 0.717) is 18.4 Å². The Balaban J connectivity index is 1.21. The van der Waals surface area contributed by atoms with Gasteiger partial charge in [0.2, 0.25) is 5.91 Å². The van der Waals surface area contributed by atoms with Crippen molar-refractivity contribution in [2.45, 2.75) is 49.7 Å². The summed E-state index contributed by atoms with van der Waals surface area (Å²) in [4.78, 5) is 28.3. The van der Waals surface area contributed by atoms with Gasteiger partial charge < -0.3 is 15.5 Å². The van der Waals surface area contributed by atoms with Crippen molar-refractivity contribution in [3.63, 3.8) is 0 Å². The van der Waals surface area contributed by atoms with Gasteiger partial charge in [-0.05, 0) is 60.5 Å². The number of rotatable bonds is 9. The summed E-state index contributed by atoms with van der Waals surface area (Å²) in [7, 11) is 0. The van der Waals surface area contributed by atoms with E-state index in [1.54, 1.807) is 6.07 Å². The fourth-order valence-electron chi connectivity index (χ4n) is 6.00. The lowest BCUT2D eigenvalue weighted by Gasteiger charge is -2.33. The zero-order chi connectivity index (χ0) is 28.2. The molecule has 2 aromatic carbocycles. The molecule has 1 aromatic heterocycles. The third-order valence-corrected chi connectivity index (χ3v) is 7.95. The normalized spacial score (nSPS) is 16.7. The number of aromatic nitrogens is 2. The van der Waals surface area contributed by atoms with Crippen LogP contribution in [0.25, 0.3) is 11.1 Å². The molecule has 1 saturated heterocycles. The summed E-state index contributed by atoms with van der Waals surface area (Å²) < 4.78 is 39.2. The number of likely N-dealkylation sites (tertiary alicyclic amines) is 1. The molecule has 2 aliphatic rings. The van der Waals surface area contributed by atoms with Crippen LogP contribution in [-0.2, 0) is 10.2 Å². The first-order chi connectivity index (χ1) is 19.3. The van der Waals surface area contributed by atoms with E-state index in [1.807, 2.05) is 48.5 Å². The van der Waals surface area contributed by atoms with Gasteiger partial charge in [-0.3, -0.25) is 9.59 Å². The average molecular weight is 552 g/mol. The molecule has 1 aliphatic carbocycles. The van der Waals surface area contributed by atoms with Crippen molar-refractivity contribution in [1.29, 1.82) is 0 Å². The first-order valence-corrected chi connectivity index (χ1v) is 13.6. The molecule has 2 N–H and O–H groups in total. The number of carbonyl (C=O) groups is 2. The molecule has 210 valence electrons. The van der Waals surface area contributed by atoms with E-state index in [0.717, 1.165) is 61.2 Å². The second-order valence-corrected chi connectivity index (χ2v) is 10.5. The van der Waals surface area contributed by atoms with Crippen LogP contribution in [0.3, 0.4) is 0 Å². The maximum Gasteiger partial charge on any atom is 0.405 e. The lowest BCUT2D eigenvalue weighted by atomic mass is 9.73. The standard InChI is InChI=1S/C30H32F3N5O2/c31-30(32,33)20-34-28(40)29(25-9-3-1-7-23(25)24-8-2-4-10-26(24)29)14-5-6-16-38-17-12-22(13-18-38)37-27(39)21-11-15-35-36-19-21/h1-4,7-11,15,19,22H,5-6,12-14,16-18,20H2,(H,34,40)(H,37,39). The lowest BCUT2D eigenvalue weighted by Crippen LogP contribution is -2.47. The van der Waals surface area contributed by atoms with Crippen LogP contribution >= 0.6 is 0 Å². The van der Waals surface area contributed by atoms with Crippen molar-refractivity contribution >= 4 is 11.8 Å². The highest BCUT2D eigenvalue weighted by Crippen LogP contribution is 2.51. The van der Waals surface area contributed by atoms with Gasteiger partial charge in [0.15, 0.2) is 0 Å². The predicted molar refractivity (Wildman–Crippen MR) is 145 cm³/mol. The van der Waals surface area contributed by atoms with Crippen LogP contribution in [0, 0.1) is 0 Å². The number of amides is 2. The minimum absolute atomic E-state index is 0.0870. The summed E-state index contributed by atoms with van der Waals surface area (Å²) in [6.45, 7) is 1.13. The molecular formula is C30H32F3N5O2. The summed E-state index contributed by atoms with van der Waals surface area (Å²) >= 11 is 0. The number of benzene rings is 2. The molecule has 5 rings (SSSR count). The van der Waals surface area contributed by atoms with Crippen LogP contribution in [0.15, 0.2) is 67.0 Å². The summed E-state index contributed by atoms with van der Waals surface area (Å²) in [6, 6.07) is 16.8. The number of alkyl halides is 3. The van der Waals surface area contributed by atoms with E-state index in [-0.39, 0.29) is 11.9 Å². The maximum absolute atomic E-state index is 13.6. The first-order valence-electron chi connectivity index (χ1n) is 13.6. The molecule has 0 saturated carbocycles. The quantitative estimate of drug-likeness (QED) is 0.383. The fourth-order valence-corrected chi connectivity index (χ4v) is 6.00. The molecule has 1 aliphatic heterocycles.